The lowest BCUT2D eigenvalue weighted by Crippen LogP contribution is -2.54. The summed E-state index contributed by atoms with van der Waals surface area (Å²) in [5.74, 6) is -1.68. The van der Waals surface area contributed by atoms with Crippen molar-refractivity contribution in [1.29, 1.82) is 0 Å². The predicted octanol–water partition coefficient (Wildman–Crippen LogP) is 2.13. The number of hydrogen-bond donors (Lipinski definition) is 1. The van der Waals surface area contributed by atoms with Gasteiger partial charge in [0.2, 0.25) is 0 Å². The summed E-state index contributed by atoms with van der Waals surface area (Å²) in [7, 11) is 0. The minimum Gasteiger partial charge on any atom is -0.444 e. The molecule has 1 saturated heterocycles. The van der Waals surface area contributed by atoms with Gasteiger partial charge in [-0.2, -0.15) is 13.2 Å². The molecule has 1 amide bonds. The SMILES string of the molecule is CC(C)(C)OC(=O)N1CCC(N)[C@@H](C(F)(F)F)C1. The van der Waals surface area contributed by atoms with E-state index in [9.17, 15) is 18.0 Å². The Morgan fingerprint density at radius 3 is 2.33 bits per heavy atom. The van der Waals surface area contributed by atoms with Gasteiger partial charge in [0.05, 0.1) is 5.92 Å². The van der Waals surface area contributed by atoms with Crippen LogP contribution in [0.2, 0.25) is 0 Å². The molecule has 7 heteroatoms. The van der Waals surface area contributed by atoms with Crippen LogP contribution in [-0.2, 0) is 4.74 Å². The highest BCUT2D eigenvalue weighted by atomic mass is 19.4. The van der Waals surface area contributed by atoms with Crippen molar-refractivity contribution >= 4 is 6.09 Å². The van der Waals surface area contributed by atoms with Crippen molar-refractivity contribution in [1.82, 2.24) is 4.90 Å². The monoisotopic (exact) mass is 268 g/mol. The topological polar surface area (TPSA) is 55.6 Å². The van der Waals surface area contributed by atoms with E-state index in [4.69, 9.17) is 10.5 Å². The molecule has 1 aliphatic rings. The molecule has 0 aliphatic carbocycles. The molecule has 18 heavy (non-hydrogen) atoms. The maximum absolute atomic E-state index is 12.7. The van der Waals surface area contributed by atoms with Gasteiger partial charge >= 0.3 is 12.3 Å². The summed E-state index contributed by atoms with van der Waals surface area (Å²) in [5.41, 5.74) is 4.74. The molecule has 1 heterocycles. The van der Waals surface area contributed by atoms with E-state index < -0.39 is 36.4 Å². The zero-order valence-electron chi connectivity index (χ0n) is 10.8. The number of rotatable bonds is 0. The number of carbonyl (C=O) groups is 1. The van der Waals surface area contributed by atoms with Crippen LogP contribution in [0.4, 0.5) is 18.0 Å². The summed E-state index contributed by atoms with van der Waals surface area (Å²) in [6.07, 6.45) is -4.98. The molecular weight excluding hydrogens is 249 g/mol. The Morgan fingerprint density at radius 1 is 1.33 bits per heavy atom. The number of amides is 1. The first-order chi connectivity index (χ1) is 8.00. The Hall–Kier alpha value is -0.980. The molecule has 0 radical (unpaired) electrons. The summed E-state index contributed by atoms with van der Waals surface area (Å²) in [5, 5.41) is 0. The van der Waals surface area contributed by atoms with Crippen molar-refractivity contribution < 1.29 is 22.7 Å². The van der Waals surface area contributed by atoms with Gasteiger partial charge in [-0.25, -0.2) is 4.79 Å². The van der Waals surface area contributed by atoms with E-state index >= 15 is 0 Å². The van der Waals surface area contributed by atoms with Crippen LogP contribution in [-0.4, -0.2) is 41.9 Å². The number of piperidine rings is 1. The number of alkyl halides is 3. The first-order valence-electron chi connectivity index (χ1n) is 5.81. The summed E-state index contributed by atoms with van der Waals surface area (Å²) >= 11 is 0. The maximum atomic E-state index is 12.7. The number of ether oxygens (including phenoxy) is 1. The fourth-order valence-electron chi connectivity index (χ4n) is 1.81. The molecule has 0 aromatic carbocycles. The second-order valence-corrected chi connectivity index (χ2v) is 5.53. The molecule has 2 atom stereocenters. The minimum atomic E-state index is -4.39. The Balaban J connectivity index is 2.68. The Bertz CT molecular complexity index is 312. The first kappa shape index (κ1) is 15.1. The van der Waals surface area contributed by atoms with Gasteiger partial charge in [0.1, 0.15) is 5.60 Å². The van der Waals surface area contributed by atoms with Crippen LogP contribution in [0.1, 0.15) is 27.2 Å². The second-order valence-electron chi connectivity index (χ2n) is 5.53. The standard InChI is InChI=1S/C11H19F3N2O2/c1-10(2,3)18-9(17)16-5-4-8(15)7(6-16)11(12,13)14/h7-8H,4-6,15H2,1-3H3/t7-,8?/m0/s1. The predicted molar refractivity (Wildman–Crippen MR) is 59.9 cm³/mol. The van der Waals surface area contributed by atoms with Crippen molar-refractivity contribution in [3.05, 3.63) is 0 Å². The fraction of sp³-hybridized carbons (Fsp3) is 0.909. The number of nitrogens with zero attached hydrogens (tertiary/aromatic N) is 1. The smallest absolute Gasteiger partial charge is 0.410 e. The molecule has 0 aromatic rings. The number of carbonyl (C=O) groups excluding carboxylic acids is 1. The lowest BCUT2D eigenvalue weighted by atomic mass is 9.92. The maximum Gasteiger partial charge on any atom is 0.410 e. The fourth-order valence-corrected chi connectivity index (χ4v) is 1.81. The van der Waals surface area contributed by atoms with Crippen LogP contribution >= 0.6 is 0 Å². The summed E-state index contributed by atoms with van der Waals surface area (Å²) in [4.78, 5) is 12.8. The highest BCUT2D eigenvalue weighted by molar-refractivity contribution is 5.68. The number of likely N-dealkylation sites (tertiary alicyclic amines) is 1. The molecular formula is C11H19F3N2O2. The zero-order chi connectivity index (χ0) is 14.1. The number of hydrogen-bond acceptors (Lipinski definition) is 3. The third-order valence-corrected chi connectivity index (χ3v) is 2.74. The number of halogens is 3. The van der Waals surface area contributed by atoms with Crippen molar-refractivity contribution in [2.75, 3.05) is 13.1 Å². The molecule has 2 N–H and O–H groups in total. The van der Waals surface area contributed by atoms with Gasteiger partial charge in [-0.1, -0.05) is 0 Å². The number of nitrogens with two attached hydrogens (primary N) is 1. The summed E-state index contributed by atoms with van der Waals surface area (Å²) in [6.45, 7) is 4.77. The third kappa shape index (κ3) is 4.04. The van der Waals surface area contributed by atoms with Crippen LogP contribution in [0.15, 0.2) is 0 Å². The van der Waals surface area contributed by atoms with Crippen molar-refractivity contribution in [3.8, 4) is 0 Å². The van der Waals surface area contributed by atoms with Crippen LogP contribution in [0, 0.1) is 5.92 Å². The zero-order valence-corrected chi connectivity index (χ0v) is 10.8. The summed E-state index contributed by atoms with van der Waals surface area (Å²) < 4.78 is 43.2. The first-order valence-corrected chi connectivity index (χ1v) is 5.81. The van der Waals surface area contributed by atoms with E-state index in [2.05, 4.69) is 0 Å². The molecule has 1 aliphatic heterocycles. The Kier molecular flexibility index (Phi) is 4.15. The highest BCUT2D eigenvalue weighted by Gasteiger charge is 2.47. The molecule has 106 valence electrons. The van der Waals surface area contributed by atoms with Gasteiger partial charge in [-0.05, 0) is 27.2 Å². The van der Waals surface area contributed by atoms with Crippen molar-refractivity contribution in [2.45, 2.75) is 45.0 Å². The van der Waals surface area contributed by atoms with Crippen LogP contribution in [0.3, 0.4) is 0 Å². The van der Waals surface area contributed by atoms with E-state index in [0.717, 1.165) is 4.90 Å². The van der Waals surface area contributed by atoms with Gasteiger partial charge < -0.3 is 15.4 Å². The van der Waals surface area contributed by atoms with E-state index in [-0.39, 0.29) is 13.0 Å². The minimum absolute atomic E-state index is 0.128. The molecule has 1 unspecified atom stereocenters. The third-order valence-electron chi connectivity index (χ3n) is 2.74. The molecule has 4 nitrogen and oxygen atoms in total. The highest BCUT2D eigenvalue weighted by Crippen LogP contribution is 2.33. The average Bonchev–Trinajstić information content (AvgIpc) is 2.13. The Labute approximate surface area is 104 Å². The van der Waals surface area contributed by atoms with E-state index in [1.54, 1.807) is 20.8 Å². The van der Waals surface area contributed by atoms with Gasteiger partial charge in [-0.15, -0.1) is 0 Å². The lowest BCUT2D eigenvalue weighted by molar-refractivity contribution is -0.189. The van der Waals surface area contributed by atoms with Crippen LogP contribution < -0.4 is 5.73 Å². The van der Waals surface area contributed by atoms with E-state index in [1.807, 2.05) is 0 Å². The van der Waals surface area contributed by atoms with Crippen LogP contribution in [0.5, 0.6) is 0 Å². The normalized spacial score (nSPS) is 26.1. The molecule has 1 rings (SSSR count). The molecule has 0 bridgehead atoms. The largest absolute Gasteiger partial charge is 0.444 e. The van der Waals surface area contributed by atoms with Crippen LogP contribution in [0.25, 0.3) is 0 Å². The van der Waals surface area contributed by atoms with Crippen molar-refractivity contribution in [3.63, 3.8) is 0 Å². The van der Waals surface area contributed by atoms with Gasteiger partial charge in [0.15, 0.2) is 0 Å². The van der Waals surface area contributed by atoms with Gasteiger partial charge in [0, 0.05) is 19.1 Å². The average molecular weight is 268 g/mol. The Morgan fingerprint density at radius 2 is 1.89 bits per heavy atom. The van der Waals surface area contributed by atoms with Gasteiger partial charge in [0.25, 0.3) is 0 Å². The molecule has 0 aromatic heterocycles. The molecule has 0 saturated carbocycles. The van der Waals surface area contributed by atoms with Crippen molar-refractivity contribution in [2.24, 2.45) is 11.7 Å². The summed E-state index contributed by atoms with van der Waals surface area (Å²) in [6, 6.07) is -0.955. The van der Waals surface area contributed by atoms with Gasteiger partial charge in [-0.3, -0.25) is 0 Å². The quantitative estimate of drug-likeness (QED) is 0.732. The molecule has 0 spiro atoms. The second kappa shape index (κ2) is 4.95. The lowest BCUT2D eigenvalue weighted by Gasteiger charge is -2.38. The van der Waals surface area contributed by atoms with E-state index in [0.29, 0.717) is 0 Å². The van der Waals surface area contributed by atoms with E-state index in [1.165, 1.54) is 0 Å². The molecule has 1 fully saturated rings.